The Morgan fingerprint density at radius 3 is 2.34 bits per heavy atom. The number of carbonyl (C=O) groups excluding carboxylic acids is 1. The van der Waals surface area contributed by atoms with Gasteiger partial charge in [0.2, 0.25) is 5.88 Å². The van der Waals surface area contributed by atoms with Gasteiger partial charge in [-0.3, -0.25) is 4.79 Å². The molecule has 1 aliphatic rings. The lowest BCUT2D eigenvalue weighted by Crippen LogP contribution is -2.33. The van der Waals surface area contributed by atoms with Crippen molar-refractivity contribution in [1.82, 2.24) is 10.1 Å². The van der Waals surface area contributed by atoms with Crippen molar-refractivity contribution >= 4 is 23.4 Å². The molecule has 5 nitrogen and oxygen atoms in total. The summed E-state index contributed by atoms with van der Waals surface area (Å²) in [5, 5.41) is 4.92. The number of hydrogen-bond acceptors (Lipinski definition) is 4. The van der Waals surface area contributed by atoms with Crippen molar-refractivity contribution in [3.05, 3.63) is 70.5 Å². The Labute approximate surface area is 192 Å². The molecule has 1 amide bonds. The summed E-state index contributed by atoms with van der Waals surface area (Å²) in [6.07, 6.45) is 2.25. The molecule has 0 saturated heterocycles. The number of rotatable bonds is 9. The Hall–Kier alpha value is -2.86. The normalized spacial score (nSPS) is 13.2. The molecule has 1 fully saturated rings. The first-order valence-corrected chi connectivity index (χ1v) is 11.4. The van der Waals surface area contributed by atoms with E-state index in [1.807, 2.05) is 18.7 Å². The lowest BCUT2D eigenvalue weighted by Gasteiger charge is -2.25. The molecule has 4 rings (SSSR count). The largest absolute Gasteiger partial charge is 0.341 e. The van der Waals surface area contributed by atoms with E-state index in [2.05, 4.69) is 10.1 Å². The van der Waals surface area contributed by atoms with E-state index in [-0.39, 0.29) is 11.7 Å². The molecule has 0 radical (unpaired) electrons. The van der Waals surface area contributed by atoms with Gasteiger partial charge in [0.15, 0.2) is 0 Å². The van der Waals surface area contributed by atoms with Gasteiger partial charge >= 0.3 is 0 Å². The third-order valence-corrected chi connectivity index (χ3v) is 6.09. The number of hydrogen-bond donors (Lipinski definition) is 0. The first-order chi connectivity index (χ1) is 15.5. The van der Waals surface area contributed by atoms with Crippen LogP contribution in [0.4, 0.5) is 10.3 Å². The molecule has 168 valence electrons. The average molecular weight is 456 g/mol. The predicted molar refractivity (Wildman–Crippen MR) is 124 cm³/mol. The molecule has 3 aromatic rings. The molecule has 32 heavy (non-hydrogen) atoms. The van der Waals surface area contributed by atoms with Crippen LogP contribution in [0.1, 0.15) is 42.6 Å². The summed E-state index contributed by atoms with van der Waals surface area (Å²) in [4.78, 5) is 17.4. The SMILES string of the molecule is CCN(CC)c1onc(-c2ccc(F)cc2)c1CN(CC1CC1)C(=O)c1ccc(Cl)cc1. The maximum atomic E-state index is 13.5. The van der Waals surface area contributed by atoms with Gasteiger partial charge in [0, 0.05) is 35.8 Å². The fourth-order valence-electron chi connectivity index (χ4n) is 3.83. The third kappa shape index (κ3) is 4.96. The molecular weight excluding hydrogens is 429 g/mol. The van der Waals surface area contributed by atoms with Crippen LogP contribution in [0.3, 0.4) is 0 Å². The molecule has 0 N–H and O–H groups in total. The standard InChI is InChI=1S/C25H27ClFN3O2/c1-3-29(4-2)25-22(23(28-32-25)18-9-13-21(27)14-10-18)16-30(15-17-5-6-17)24(31)19-7-11-20(26)12-8-19/h7-14,17H,3-6,15-16H2,1-2H3. The number of aromatic nitrogens is 1. The monoisotopic (exact) mass is 455 g/mol. The van der Waals surface area contributed by atoms with E-state index in [1.165, 1.54) is 12.1 Å². The summed E-state index contributed by atoms with van der Waals surface area (Å²) in [7, 11) is 0. The Morgan fingerprint density at radius 1 is 1.09 bits per heavy atom. The van der Waals surface area contributed by atoms with E-state index < -0.39 is 0 Å². The van der Waals surface area contributed by atoms with Gasteiger partial charge in [0.05, 0.1) is 12.1 Å². The highest BCUT2D eigenvalue weighted by atomic mass is 35.5. The highest BCUT2D eigenvalue weighted by Crippen LogP contribution is 2.35. The highest BCUT2D eigenvalue weighted by molar-refractivity contribution is 6.30. The number of benzene rings is 2. The van der Waals surface area contributed by atoms with Crippen LogP contribution < -0.4 is 4.90 Å². The Morgan fingerprint density at radius 2 is 1.75 bits per heavy atom. The van der Waals surface area contributed by atoms with Crippen LogP contribution in [0, 0.1) is 11.7 Å². The number of nitrogens with zero attached hydrogens (tertiary/aromatic N) is 3. The van der Waals surface area contributed by atoms with E-state index in [0.717, 1.165) is 37.1 Å². The summed E-state index contributed by atoms with van der Waals surface area (Å²) >= 11 is 6.01. The summed E-state index contributed by atoms with van der Waals surface area (Å²) in [5.41, 5.74) is 2.83. The van der Waals surface area contributed by atoms with Gasteiger partial charge in [0.25, 0.3) is 5.91 Å². The van der Waals surface area contributed by atoms with Gasteiger partial charge in [-0.1, -0.05) is 16.8 Å². The minimum Gasteiger partial charge on any atom is -0.341 e. The van der Waals surface area contributed by atoms with Crippen LogP contribution in [0.2, 0.25) is 5.02 Å². The van der Waals surface area contributed by atoms with Gasteiger partial charge in [-0.2, -0.15) is 0 Å². The van der Waals surface area contributed by atoms with Crippen molar-refractivity contribution in [2.24, 2.45) is 5.92 Å². The number of amides is 1. The Kier molecular flexibility index (Phi) is 6.80. The van der Waals surface area contributed by atoms with Crippen molar-refractivity contribution < 1.29 is 13.7 Å². The van der Waals surface area contributed by atoms with Crippen LogP contribution in [-0.4, -0.2) is 35.6 Å². The Balaban J connectivity index is 1.72. The van der Waals surface area contributed by atoms with E-state index in [9.17, 15) is 9.18 Å². The zero-order chi connectivity index (χ0) is 22.7. The number of halogens is 2. The van der Waals surface area contributed by atoms with Crippen LogP contribution in [0.25, 0.3) is 11.3 Å². The maximum absolute atomic E-state index is 13.5. The van der Waals surface area contributed by atoms with Crippen molar-refractivity contribution in [3.8, 4) is 11.3 Å². The summed E-state index contributed by atoms with van der Waals surface area (Å²) in [5.74, 6) is 0.803. The minimum absolute atomic E-state index is 0.0506. The van der Waals surface area contributed by atoms with E-state index in [1.54, 1.807) is 36.4 Å². The Bertz CT molecular complexity index is 1060. The van der Waals surface area contributed by atoms with Crippen LogP contribution in [-0.2, 0) is 6.54 Å². The average Bonchev–Trinajstić information content (AvgIpc) is 3.53. The molecule has 0 atom stereocenters. The van der Waals surface area contributed by atoms with Crippen LogP contribution in [0.15, 0.2) is 53.1 Å². The zero-order valence-electron chi connectivity index (χ0n) is 18.4. The van der Waals surface area contributed by atoms with Crippen LogP contribution in [0.5, 0.6) is 0 Å². The molecule has 0 unspecified atom stereocenters. The maximum Gasteiger partial charge on any atom is 0.254 e. The molecule has 1 aromatic heterocycles. The van der Waals surface area contributed by atoms with Gasteiger partial charge in [-0.05, 0) is 81.1 Å². The van der Waals surface area contributed by atoms with Crippen molar-refractivity contribution in [1.29, 1.82) is 0 Å². The van der Waals surface area contributed by atoms with Crippen LogP contribution >= 0.6 is 11.6 Å². The number of carbonyl (C=O) groups is 1. The van der Waals surface area contributed by atoms with Gasteiger partial charge < -0.3 is 14.3 Å². The zero-order valence-corrected chi connectivity index (χ0v) is 19.1. The minimum atomic E-state index is -0.309. The molecular formula is C25H27ClFN3O2. The molecule has 1 aliphatic carbocycles. The first kappa shape index (κ1) is 22.3. The van der Waals surface area contributed by atoms with Crippen molar-refractivity contribution in [3.63, 3.8) is 0 Å². The molecule has 0 aliphatic heterocycles. The smallest absolute Gasteiger partial charge is 0.254 e. The quantitative estimate of drug-likeness (QED) is 0.395. The molecule has 7 heteroatoms. The first-order valence-electron chi connectivity index (χ1n) is 11.0. The second-order valence-corrected chi connectivity index (χ2v) is 8.57. The molecule has 1 heterocycles. The topological polar surface area (TPSA) is 49.6 Å². The highest BCUT2D eigenvalue weighted by Gasteiger charge is 2.30. The van der Waals surface area contributed by atoms with E-state index in [0.29, 0.717) is 41.2 Å². The lowest BCUT2D eigenvalue weighted by molar-refractivity contribution is 0.0735. The van der Waals surface area contributed by atoms with Crippen molar-refractivity contribution in [2.45, 2.75) is 33.2 Å². The second kappa shape index (κ2) is 9.74. The van der Waals surface area contributed by atoms with Gasteiger partial charge in [-0.15, -0.1) is 0 Å². The molecule has 2 aromatic carbocycles. The van der Waals surface area contributed by atoms with Gasteiger partial charge in [-0.25, -0.2) is 4.39 Å². The summed E-state index contributed by atoms with van der Waals surface area (Å²) in [6.45, 7) is 6.63. The van der Waals surface area contributed by atoms with Gasteiger partial charge in [0.1, 0.15) is 11.5 Å². The summed E-state index contributed by atoms with van der Waals surface area (Å²) in [6, 6.07) is 13.2. The fourth-order valence-corrected chi connectivity index (χ4v) is 3.96. The van der Waals surface area contributed by atoms with Crippen molar-refractivity contribution in [2.75, 3.05) is 24.5 Å². The second-order valence-electron chi connectivity index (χ2n) is 8.13. The van der Waals surface area contributed by atoms with E-state index >= 15 is 0 Å². The molecule has 1 saturated carbocycles. The predicted octanol–water partition coefficient (Wildman–Crippen LogP) is 6.03. The summed E-state index contributed by atoms with van der Waals surface area (Å²) < 4.78 is 19.3. The molecule has 0 spiro atoms. The number of anilines is 1. The third-order valence-electron chi connectivity index (χ3n) is 5.84. The lowest BCUT2D eigenvalue weighted by atomic mass is 10.1. The van der Waals surface area contributed by atoms with E-state index in [4.69, 9.17) is 16.1 Å². The fraction of sp³-hybridized carbons (Fsp3) is 0.360. The molecule has 0 bridgehead atoms.